The molecule has 14 nitrogen and oxygen atoms in total. The summed E-state index contributed by atoms with van der Waals surface area (Å²) in [5.41, 5.74) is 0. The van der Waals surface area contributed by atoms with Crippen LogP contribution in [0.5, 0.6) is 0 Å². The molecule has 57 heavy (non-hydrogen) atoms. The van der Waals surface area contributed by atoms with Crippen molar-refractivity contribution < 1.29 is 222 Å². The Morgan fingerprint density at radius 1 is 0.596 bits per heavy atom. The summed E-state index contributed by atoms with van der Waals surface area (Å²) in [5, 5.41) is 23.1. The summed E-state index contributed by atoms with van der Waals surface area (Å²) in [6, 6.07) is 0. The molecular formula is C19H21ClF17N2Na3O12S3. The van der Waals surface area contributed by atoms with Gasteiger partial charge in [-0.2, -0.15) is 74.6 Å². The van der Waals surface area contributed by atoms with E-state index in [1.807, 2.05) is 0 Å². The summed E-state index contributed by atoms with van der Waals surface area (Å²) in [6.45, 7) is -8.18. The van der Waals surface area contributed by atoms with Gasteiger partial charge < -0.3 is 38.4 Å². The molecule has 0 aromatic carbocycles. The van der Waals surface area contributed by atoms with Gasteiger partial charge in [0.15, 0.2) is 0 Å². The number of rotatable bonds is 22. The zero-order valence-corrected chi connectivity index (χ0v) is 37.5. The molecule has 2 unspecified atom stereocenters. The molecular weight excluding hydrogens is 972 g/mol. The van der Waals surface area contributed by atoms with Crippen molar-refractivity contribution in [1.29, 1.82) is 0 Å². The summed E-state index contributed by atoms with van der Waals surface area (Å²) >= 11 is 0. The van der Waals surface area contributed by atoms with Gasteiger partial charge in [0.25, 0.3) is 0 Å². The number of carboxylic acids is 1. The maximum absolute atomic E-state index is 14.3. The minimum atomic E-state index is -9.11. The molecule has 2 atom stereocenters. The van der Waals surface area contributed by atoms with Crippen LogP contribution in [0.3, 0.4) is 0 Å². The Morgan fingerprint density at radius 3 is 1.18 bits per heavy atom. The number of quaternary nitrogens is 1. The van der Waals surface area contributed by atoms with Gasteiger partial charge in [-0.25, -0.2) is 25.3 Å². The number of alkyl halides is 17. The number of sulfonamides is 1. The van der Waals surface area contributed by atoms with Gasteiger partial charge in [0, 0.05) is 0 Å². The molecule has 0 aliphatic carbocycles. The Labute approximate surface area is 382 Å². The average Bonchev–Trinajstić information content (AvgIpc) is 2.86. The number of carbonyl (C=O) groups is 1. The second-order valence-electron chi connectivity index (χ2n) is 10.9. The smallest absolute Gasteiger partial charge is 0.748 e. The van der Waals surface area contributed by atoms with Crippen LogP contribution in [-0.4, -0.2) is 158 Å². The van der Waals surface area contributed by atoms with E-state index < -0.39 is 151 Å². The first kappa shape index (κ1) is 67.3. The first-order valence-corrected chi connectivity index (χ1v) is 17.3. The normalized spacial score (nSPS) is 16.4. The monoisotopic (exact) mass is 992 g/mol. The summed E-state index contributed by atoms with van der Waals surface area (Å²) in [5.74, 6) is -59.2. The molecule has 0 aromatic heterocycles. The van der Waals surface area contributed by atoms with E-state index in [-0.39, 0.29) is 101 Å². The topological polar surface area (TPSA) is 243 Å². The molecule has 0 amide bonds. The summed E-state index contributed by atoms with van der Waals surface area (Å²) in [6.07, 6.45) is -14.6. The van der Waals surface area contributed by atoms with Crippen molar-refractivity contribution in [3.05, 3.63) is 4.72 Å². The summed E-state index contributed by atoms with van der Waals surface area (Å²) < 4.78 is 318. The number of aliphatic hydroxyl groups is 2. The van der Waals surface area contributed by atoms with Crippen molar-refractivity contribution in [2.45, 2.75) is 65.6 Å². The van der Waals surface area contributed by atoms with E-state index in [0.29, 0.717) is 0 Å². The zero-order chi connectivity index (χ0) is 43.1. The predicted octanol–water partition coefficient (Wildman–Crippen LogP) is -8.14. The zero-order valence-electron chi connectivity index (χ0n) is 28.2. The number of carbonyl (C=O) groups excluding carboxylic acids is 1. The Bertz CT molecular complexity index is 1620. The van der Waals surface area contributed by atoms with Crippen molar-refractivity contribution in [1.82, 2.24) is 0 Å². The van der Waals surface area contributed by atoms with E-state index >= 15 is 0 Å². The first-order valence-electron chi connectivity index (χ1n) is 12.8. The fourth-order valence-electron chi connectivity index (χ4n) is 4.19. The second kappa shape index (κ2) is 21.7. The molecule has 38 heteroatoms. The fraction of sp³-hybridized carbons (Fsp3) is 0.947. The molecule has 0 fully saturated rings. The molecule has 0 aliphatic rings. The van der Waals surface area contributed by atoms with Gasteiger partial charge in [-0.3, -0.25) is 0 Å². The van der Waals surface area contributed by atoms with Gasteiger partial charge in [-0.05, 0) is 6.42 Å². The van der Waals surface area contributed by atoms with Crippen molar-refractivity contribution >= 4 is 48.6 Å². The van der Waals surface area contributed by atoms with Crippen LogP contribution in [0.25, 0.3) is 4.72 Å². The van der Waals surface area contributed by atoms with Crippen LogP contribution in [-0.2, 0) is 35.1 Å². The number of carboxylic acid groups (broad SMARTS) is 1. The minimum Gasteiger partial charge on any atom is -0.748 e. The van der Waals surface area contributed by atoms with Crippen LogP contribution < -0.4 is 93.8 Å². The Hall–Kier alpha value is 1.18. The predicted molar refractivity (Wildman–Crippen MR) is 136 cm³/mol. The molecule has 326 valence electrons. The van der Waals surface area contributed by atoms with E-state index in [2.05, 4.69) is 0 Å². The van der Waals surface area contributed by atoms with Gasteiger partial charge in [0.05, 0.1) is 44.3 Å². The average molecular weight is 993 g/mol. The molecule has 0 saturated carbocycles. The van der Waals surface area contributed by atoms with Crippen molar-refractivity contribution in [2.24, 2.45) is 0 Å². The third-order valence-electron chi connectivity index (χ3n) is 6.52. The molecule has 2 N–H and O–H groups in total. The first-order chi connectivity index (χ1) is 22.8. The van der Waals surface area contributed by atoms with E-state index in [4.69, 9.17) is 0 Å². The molecule has 0 spiro atoms. The van der Waals surface area contributed by atoms with Crippen LogP contribution in [0.1, 0.15) is 6.42 Å². The molecule has 0 bridgehead atoms. The van der Waals surface area contributed by atoms with Gasteiger partial charge in [0.2, 0.25) is 0 Å². The number of hydrogen-bond acceptors (Lipinski definition) is 12. The van der Waals surface area contributed by atoms with Gasteiger partial charge in [-0.15, -0.1) is 19.0 Å². The van der Waals surface area contributed by atoms with Crippen molar-refractivity contribution in [3.63, 3.8) is 0 Å². The molecule has 0 rings (SSSR count). The van der Waals surface area contributed by atoms with Gasteiger partial charge >= 0.3 is 136 Å². The van der Waals surface area contributed by atoms with E-state index in [9.17, 15) is 129 Å². The summed E-state index contributed by atoms with van der Waals surface area (Å²) in [7, 11) is -18.8. The van der Waals surface area contributed by atoms with Crippen LogP contribution in [0, 0.1) is 0 Å². The third-order valence-corrected chi connectivity index (χ3v) is 9.54. The van der Waals surface area contributed by atoms with E-state index in [1.165, 1.54) is 0 Å². The second-order valence-corrected chi connectivity index (χ2v) is 15.5. The Kier molecular flexibility index (Phi) is 25.6. The van der Waals surface area contributed by atoms with E-state index in [1.54, 1.807) is 4.72 Å². The molecule has 0 heterocycles. The Balaban J connectivity index is -0.00000225. The quantitative estimate of drug-likeness (QED) is 0.0338. The Morgan fingerprint density at radius 2 is 0.895 bits per heavy atom. The molecule has 0 aromatic rings. The molecule has 0 saturated heterocycles. The maximum Gasteiger partial charge on any atom is 1.00 e. The largest absolute Gasteiger partial charge is 1.00 e. The number of aliphatic carboxylic acids is 1. The minimum absolute atomic E-state index is 0. The van der Waals surface area contributed by atoms with Gasteiger partial charge in [0.1, 0.15) is 41.9 Å². The number of halogens is 18. The summed E-state index contributed by atoms with van der Waals surface area (Å²) in [4.78, 5) is 11.3. The number of aliphatic hydroxyl groups excluding tert-OH is 2. The van der Waals surface area contributed by atoms with E-state index in [0.717, 1.165) is 0 Å². The number of hydrogen-bond donors (Lipinski definition) is 2. The molecule has 0 aliphatic heterocycles. The SMILES string of the molecule is Cl.O=C([O-])C[N+](CCC[N-]S(=O)(=O)C(F)(F)C(F)(F)C(F)(F)C(F)(F)C(F)(F)C(F)(F)C(F)(F)C(F)(F)F)(CC(O)CS(=O)(=O)[O-])CC(O)CS(=O)(=O)[O-].[Na+].[Na+].[Na+]. The van der Waals surface area contributed by atoms with Crippen molar-refractivity contribution in [3.8, 4) is 0 Å². The maximum atomic E-state index is 14.3. The number of nitrogens with zero attached hydrogens (tertiary/aromatic N) is 2. The van der Waals surface area contributed by atoms with Crippen LogP contribution >= 0.6 is 12.4 Å². The molecule has 0 radical (unpaired) electrons. The van der Waals surface area contributed by atoms with Gasteiger partial charge in [-0.1, -0.05) is 0 Å². The van der Waals surface area contributed by atoms with Crippen LogP contribution in [0.4, 0.5) is 74.6 Å². The third kappa shape index (κ3) is 15.2. The standard InChI is InChI=1S/C19H23F17N2O12S3.ClH.3Na/c20-12(21,14(24,25)16(28,29)18(32,33)34)13(22,23)15(26,27)17(30,31)19(35,36)53(49,50)37-2-1-3-38(6-11(41)42,4-9(39)7-51(43,44)45)5-10(40)8-52(46,47)48;;;;/h9-10,39-40H,1-8H2,(H,41,42)(H,43,44,45)(H,46,47,48);1H;;;/q;;3*+1/p-3. The van der Waals surface area contributed by atoms with Crippen molar-refractivity contribution in [2.75, 3.05) is 44.2 Å². The fourth-order valence-corrected chi connectivity index (χ4v) is 6.33. The van der Waals surface area contributed by atoms with Crippen LogP contribution in [0.15, 0.2) is 0 Å². The van der Waals surface area contributed by atoms with Crippen LogP contribution in [0.2, 0.25) is 0 Å².